The van der Waals surface area contributed by atoms with Crippen molar-refractivity contribution in [2.24, 2.45) is 0 Å². The Hall–Kier alpha value is -3.55. The Morgan fingerprint density at radius 2 is 1.89 bits per heavy atom. The highest BCUT2D eigenvalue weighted by molar-refractivity contribution is 7.22. The highest BCUT2D eigenvalue weighted by Crippen LogP contribution is 2.42. The number of likely N-dealkylation sites (tertiary alicyclic amines) is 1. The summed E-state index contributed by atoms with van der Waals surface area (Å²) in [5.41, 5.74) is 6.00. The molecule has 14 heteroatoms. The summed E-state index contributed by atoms with van der Waals surface area (Å²) in [6.45, 7) is 8.83. The minimum Gasteiger partial charge on any atom is -0.444 e. The summed E-state index contributed by atoms with van der Waals surface area (Å²) < 4.78 is 37.0. The Morgan fingerprint density at radius 3 is 2.57 bits per heavy atom. The predicted octanol–water partition coefficient (Wildman–Crippen LogP) is 5.98. The van der Waals surface area contributed by atoms with E-state index in [-0.39, 0.29) is 43.5 Å². The van der Waals surface area contributed by atoms with Crippen LogP contribution in [0, 0.1) is 11.6 Å². The van der Waals surface area contributed by atoms with E-state index < -0.39 is 17.2 Å². The number of amides is 1. The Bertz CT molecular complexity index is 1740. The molecule has 0 aliphatic carbocycles. The molecule has 2 fully saturated rings. The molecule has 2 aromatic carbocycles. The third-order valence-electron chi connectivity index (χ3n) is 8.04. The van der Waals surface area contributed by atoms with Crippen molar-refractivity contribution in [3.63, 3.8) is 0 Å². The molecule has 1 atom stereocenters. The maximum Gasteiger partial charge on any atom is 0.410 e. The Balaban J connectivity index is 1.41. The normalized spacial score (nSPS) is 18.0. The summed E-state index contributed by atoms with van der Waals surface area (Å²) in [5, 5.41) is 4.04. The largest absolute Gasteiger partial charge is 0.444 e. The number of rotatable bonds is 5. The van der Waals surface area contributed by atoms with Gasteiger partial charge < -0.3 is 30.5 Å². The second-order valence-corrected chi connectivity index (χ2v) is 13.7. The average molecular weight is 645 g/mol. The fourth-order valence-electron chi connectivity index (χ4n) is 5.81. The van der Waals surface area contributed by atoms with Gasteiger partial charge in [0.15, 0.2) is 10.9 Å². The van der Waals surface area contributed by atoms with E-state index in [4.69, 9.17) is 27.1 Å². The van der Waals surface area contributed by atoms with E-state index in [2.05, 4.69) is 27.2 Å². The van der Waals surface area contributed by atoms with Gasteiger partial charge in [-0.25, -0.2) is 23.5 Å². The molecule has 2 aliphatic rings. The minimum atomic E-state index is -0.663. The van der Waals surface area contributed by atoms with Crippen molar-refractivity contribution in [2.45, 2.75) is 45.3 Å². The van der Waals surface area contributed by atoms with Crippen LogP contribution in [0.2, 0.25) is 5.02 Å². The third kappa shape index (κ3) is 5.92. The molecule has 3 N–H and O–H groups in total. The van der Waals surface area contributed by atoms with Crippen molar-refractivity contribution >= 4 is 67.0 Å². The number of aromatic nitrogens is 3. The van der Waals surface area contributed by atoms with Gasteiger partial charge in [0.1, 0.15) is 22.8 Å². The summed E-state index contributed by atoms with van der Waals surface area (Å²) in [6.07, 6.45) is 1.78. The number of hydrogen-bond donors (Lipinski definition) is 2. The third-order valence-corrected chi connectivity index (χ3v) is 9.23. The van der Waals surface area contributed by atoms with Crippen LogP contribution in [0.3, 0.4) is 0 Å². The molecule has 1 amide bonds. The molecule has 0 radical (unpaired) electrons. The summed E-state index contributed by atoms with van der Waals surface area (Å²) in [4.78, 5) is 32.4. The van der Waals surface area contributed by atoms with Gasteiger partial charge >= 0.3 is 6.09 Å². The number of hydrogen-bond acceptors (Lipinski definition) is 10. The van der Waals surface area contributed by atoms with Crippen molar-refractivity contribution < 1.29 is 18.3 Å². The maximum atomic E-state index is 16.7. The van der Waals surface area contributed by atoms with Gasteiger partial charge in [-0.05, 0) is 65.4 Å². The van der Waals surface area contributed by atoms with Crippen molar-refractivity contribution in [1.82, 2.24) is 24.8 Å². The highest BCUT2D eigenvalue weighted by atomic mass is 35.5. The Kier molecular flexibility index (Phi) is 8.14. The molecule has 4 heterocycles. The van der Waals surface area contributed by atoms with Crippen LogP contribution < -0.4 is 16.0 Å². The van der Waals surface area contributed by atoms with Gasteiger partial charge in [0.05, 0.1) is 15.2 Å². The van der Waals surface area contributed by atoms with Crippen LogP contribution in [0.5, 0.6) is 0 Å². The fourth-order valence-corrected chi connectivity index (χ4v) is 6.87. The minimum absolute atomic E-state index is 0.0651. The first-order valence-corrected chi connectivity index (χ1v) is 15.8. The zero-order valence-electron chi connectivity index (χ0n) is 25.1. The molecule has 4 aromatic rings. The van der Waals surface area contributed by atoms with Gasteiger partial charge in [-0.2, -0.15) is 4.98 Å². The van der Waals surface area contributed by atoms with Crippen LogP contribution in [-0.4, -0.2) is 88.8 Å². The fraction of sp³-hybridized carbons (Fsp3) is 0.467. The van der Waals surface area contributed by atoms with Crippen LogP contribution >= 0.6 is 22.9 Å². The molecule has 2 aromatic heterocycles. The summed E-state index contributed by atoms with van der Waals surface area (Å²) in [6, 6.07) is 4.67. The van der Waals surface area contributed by atoms with Gasteiger partial charge in [-0.15, -0.1) is 0 Å². The number of anilines is 3. The van der Waals surface area contributed by atoms with Crippen LogP contribution in [0.1, 0.15) is 33.6 Å². The number of piperazine rings is 1. The number of nitrogens with two attached hydrogens (primary N) is 1. The molecule has 0 unspecified atom stereocenters. The summed E-state index contributed by atoms with van der Waals surface area (Å²) in [5.74, 6) is -0.356. The molecule has 6 rings (SSSR count). The van der Waals surface area contributed by atoms with E-state index in [9.17, 15) is 9.18 Å². The Morgan fingerprint density at radius 1 is 1.14 bits per heavy atom. The van der Waals surface area contributed by atoms with Gasteiger partial charge in [0, 0.05) is 55.3 Å². The predicted molar refractivity (Wildman–Crippen MR) is 172 cm³/mol. The van der Waals surface area contributed by atoms with Crippen LogP contribution in [0.25, 0.3) is 32.2 Å². The molecule has 234 valence electrons. The number of carbonyl (C=O) groups excluding carboxylic acids is 1. The van der Waals surface area contributed by atoms with Crippen molar-refractivity contribution in [3.8, 4) is 11.1 Å². The number of benzene rings is 2. The molecular weight excluding hydrogens is 610 g/mol. The van der Waals surface area contributed by atoms with Gasteiger partial charge in [-0.1, -0.05) is 22.9 Å². The van der Waals surface area contributed by atoms with Crippen molar-refractivity contribution in [2.75, 3.05) is 62.3 Å². The summed E-state index contributed by atoms with van der Waals surface area (Å²) in [7, 11) is 2.08. The van der Waals surface area contributed by atoms with E-state index >= 15 is 4.39 Å². The van der Waals surface area contributed by atoms with Crippen molar-refractivity contribution in [3.05, 3.63) is 34.9 Å². The maximum absolute atomic E-state index is 16.7. The second kappa shape index (κ2) is 11.8. The van der Waals surface area contributed by atoms with Crippen molar-refractivity contribution in [1.29, 1.82) is 0 Å². The number of halogens is 3. The quantitative estimate of drug-likeness (QED) is 0.271. The lowest BCUT2D eigenvalue weighted by atomic mass is 10.0. The van der Waals surface area contributed by atoms with E-state index in [0.717, 1.165) is 30.7 Å². The van der Waals surface area contributed by atoms with E-state index in [1.165, 1.54) is 12.1 Å². The van der Waals surface area contributed by atoms with Gasteiger partial charge in [0.25, 0.3) is 0 Å². The topological polar surface area (TPSA) is 113 Å². The molecule has 0 bridgehead atoms. The van der Waals surface area contributed by atoms with Gasteiger partial charge in [0.2, 0.25) is 5.95 Å². The van der Waals surface area contributed by atoms with Gasteiger partial charge in [-0.3, -0.25) is 0 Å². The smallest absolute Gasteiger partial charge is 0.410 e. The number of nitrogens with zero attached hydrogens (tertiary/aromatic N) is 6. The zero-order chi connectivity index (χ0) is 31.3. The van der Waals surface area contributed by atoms with E-state index in [1.807, 2.05) is 25.7 Å². The number of fused-ring (bicyclic) bond motifs is 2. The number of ether oxygens (including phenoxy) is 1. The molecule has 10 nitrogen and oxygen atoms in total. The number of likely N-dealkylation sites (N-methyl/N-ethyl adjacent to an activating group) is 1. The van der Waals surface area contributed by atoms with E-state index in [0.29, 0.717) is 55.5 Å². The molecule has 44 heavy (non-hydrogen) atoms. The number of nitrogens with one attached hydrogen (secondary N) is 1. The number of thiazole rings is 1. The highest BCUT2D eigenvalue weighted by Gasteiger charge is 2.30. The van der Waals surface area contributed by atoms with Crippen LogP contribution in [-0.2, 0) is 4.74 Å². The first-order chi connectivity index (χ1) is 20.9. The molecule has 2 aliphatic heterocycles. The molecule has 0 spiro atoms. The first-order valence-electron chi connectivity index (χ1n) is 14.6. The second-order valence-electron chi connectivity index (χ2n) is 12.3. The lowest BCUT2D eigenvalue weighted by Crippen LogP contribution is -2.50. The summed E-state index contributed by atoms with van der Waals surface area (Å²) >= 11 is 7.77. The molecule has 2 saturated heterocycles. The monoisotopic (exact) mass is 644 g/mol. The SMILES string of the molecule is CN1CCC[C@H]1CNc1nc(N2CCN(C(=O)OC(C)(C)C)CC2)c2cc(Cl)c(-c3ccc(F)c4sc(N)nc34)c(F)c2n1. The van der Waals surface area contributed by atoms with Crippen LogP contribution in [0.15, 0.2) is 18.2 Å². The zero-order valence-corrected chi connectivity index (χ0v) is 26.7. The van der Waals surface area contributed by atoms with Crippen LogP contribution in [0.4, 0.5) is 30.5 Å². The molecular formula is C30H35ClF2N8O2S. The van der Waals surface area contributed by atoms with E-state index in [1.54, 1.807) is 11.0 Å². The lowest BCUT2D eigenvalue weighted by molar-refractivity contribution is 0.0240. The first kappa shape index (κ1) is 30.5. The lowest BCUT2D eigenvalue weighted by Gasteiger charge is -2.36. The standard InChI is InChI=1S/C30H35ClF2N8O2S/c1-30(2,3)43-29(42)41-12-10-40(11-13-41)26-18-14-19(31)21(17-7-8-20(32)25-24(17)36-27(34)44-25)22(33)23(18)37-28(38-26)35-15-16-6-5-9-39(16)4/h7-8,14,16H,5-6,9-13,15H2,1-4H3,(H2,34,36)(H,35,37,38)/t16-/m0/s1. The Labute approximate surface area is 263 Å². The molecule has 0 saturated carbocycles. The number of nitrogen functional groups attached to an aromatic ring is 1. The average Bonchev–Trinajstić information content (AvgIpc) is 3.57. The number of carbonyl (C=O) groups is 1.